The van der Waals surface area contributed by atoms with Crippen LogP contribution >= 0.6 is 22.9 Å². The van der Waals surface area contributed by atoms with Crippen molar-refractivity contribution in [1.29, 1.82) is 0 Å². The molecule has 0 aliphatic carbocycles. The van der Waals surface area contributed by atoms with Gasteiger partial charge >= 0.3 is 5.97 Å². The second-order valence-corrected chi connectivity index (χ2v) is 6.05. The van der Waals surface area contributed by atoms with Crippen molar-refractivity contribution >= 4 is 34.8 Å². The van der Waals surface area contributed by atoms with E-state index in [1.165, 1.54) is 28.5 Å². The first-order valence-electron chi connectivity index (χ1n) is 6.29. The lowest BCUT2D eigenvalue weighted by Gasteiger charge is -2.33. The minimum atomic E-state index is -1.02. The zero-order valence-electron chi connectivity index (χ0n) is 10.8. The van der Waals surface area contributed by atoms with E-state index in [1.807, 2.05) is 5.38 Å². The van der Waals surface area contributed by atoms with Gasteiger partial charge in [0.05, 0.1) is 5.56 Å². The van der Waals surface area contributed by atoms with Gasteiger partial charge in [0, 0.05) is 17.6 Å². The number of aliphatic carboxylic acids is 1. The van der Waals surface area contributed by atoms with E-state index in [9.17, 15) is 14.7 Å². The van der Waals surface area contributed by atoms with Crippen molar-refractivity contribution in [3.8, 4) is 0 Å². The number of aromatic nitrogens is 1. The molecular weight excluding hydrogens is 312 g/mol. The molecule has 1 N–H and O–H groups in total. The molecule has 1 amide bonds. The zero-order chi connectivity index (χ0) is 15.0. The normalized spacial score (nSPS) is 17.4. The van der Waals surface area contributed by atoms with Gasteiger partial charge in [0.1, 0.15) is 5.15 Å². The molecule has 2 aromatic heterocycles. The number of pyridine rings is 1. The molecule has 0 saturated heterocycles. The quantitative estimate of drug-likeness (QED) is 0.863. The number of halogens is 1. The Morgan fingerprint density at radius 2 is 2.19 bits per heavy atom. The number of hydrogen-bond acceptors (Lipinski definition) is 4. The van der Waals surface area contributed by atoms with Crippen LogP contribution in [0.25, 0.3) is 0 Å². The molecule has 0 spiro atoms. The van der Waals surface area contributed by atoms with Crippen LogP contribution in [-0.4, -0.2) is 33.4 Å². The fourth-order valence-electron chi connectivity index (χ4n) is 2.47. The van der Waals surface area contributed by atoms with Crippen LogP contribution in [0.4, 0.5) is 0 Å². The van der Waals surface area contributed by atoms with E-state index in [-0.39, 0.29) is 5.91 Å². The summed E-state index contributed by atoms with van der Waals surface area (Å²) in [7, 11) is 0. The van der Waals surface area contributed by atoms with Crippen LogP contribution in [0.5, 0.6) is 0 Å². The SMILES string of the molecule is O=C(O)C1c2ccsc2CCN1C(=O)c1ccc(Cl)nc1. The fraction of sp³-hybridized carbons (Fsp3) is 0.214. The summed E-state index contributed by atoms with van der Waals surface area (Å²) >= 11 is 7.23. The maximum atomic E-state index is 12.5. The van der Waals surface area contributed by atoms with Crippen molar-refractivity contribution < 1.29 is 14.7 Å². The Kier molecular flexibility index (Phi) is 3.65. The van der Waals surface area contributed by atoms with E-state index < -0.39 is 12.0 Å². The summed E-state index contributed by atoms with van der Waals surface area (Å²) in [5.41, 5.74) is 1.04. The van der Waals surface area contributed by atoms with Gasteiger partial charge in [-0.3, -0.25) is 4.79 Å². The van der Waals surface area contributed by atoms with Gasteiger partial charge in [0.15, 0.2) is 6.04 Å². The predicted octanol–water partition coefficient (Wildman–Crippen LogP) is 2.62. The van der Waals surface area contributed by atoms with Crippen LogP contribution in [-0.2, 0) is 11.2 Å². The number of carboxylic acids is 1. The fourth-order valence-corrected chi connectivity index (χ4v) is 3.49. The molecule has 0 aromatic carbocycles. The van der Waals surface area contributed by atoms with E-state index in [2.05, 4.69) is 4.98 Å². The average molecular weight is 323 g/mol. The molecule has 1 aliphatic rings. The monoisotopic (exact) mass is 322 g/mol. The van der Waals surface area contributed by atoms with E-state index in [4.69, 9.17) is 11.6 Å². The Morgan fingerprint density at radius 1 is 1.38 bits per heavy atom. The largest absolute Gasteiger partial charge is 0.479 e. The summed E-state index contributed by atoms with van der Waals surface area (Å²) in [6.45, 7) is 0.381. The van der Waals surface area contributed by atoms with Crippen molar-refractivity contribution in [2.75, 3.05) is 6.54 Å². The first-order valence-corrected chi connectivity index (χ1v) is 7.55. The van der Waals surface area contributed by atoms with Crippen LogP contribution in [0.2, 0.25) is 5.15 Å². The number of thiophene rings is 1. The Labute approximate surface area is 129 Å². The van der Waals surface area contributed by atoms with Gasteiger partial charge in [0.25, 0.3) is 5.91 Å². The topological polar surface area (TPSA) is 70.5 Å². The Balaban J connectivity index is 1.96. The molecule has 1 atom stereocenters. The van der Waals surface area contributed by atoms with Crippen molar-refractivity contribution in [3.05, 3.63) is 50.9 Å². The molecule has 1 aliphatic heterocycles. The maximum Gasteiger partial charge on any atom is 0.331 e. The standard InChI is InChI=1S/C14H11ClN2O3S/c15-11-2-1-8(7-16-11)13(18)17-5-3-10-9(4-6-21-10)12(17)14(19)20/h1-2,4,6-7,12H,3,5H2,(H,19,20). The average Bonchev–Trinajstić information content (AvgIpc) is 2.94. The van der Waals surface area contributed by atoms with Crippen LogP contribution in [0.3, 0.4) is 0 Å². The van der Waals surface area contributed by atoms with Crippen molar-refractivity contribution in [2.24, 2.45) is 0 Å². The van der Waals surface area contributed by atoms with E-state index in [0.717, 1.165) is 4.88 Å². The second-order valence-electron chi connectivity index (χ2n) is 4.66. The van der Waals surface area contributed by atoms with E-state index in [0.29, 0.717) is 29.2 Å². The molecule has 0 saturated carbocycles. The molecule has 7 heteroatoms. The molecule has 2 aromatic rings. The number of carbonyl (C=O) groups excluding carboxylic acids is 1. The molecule has 0 fully saturated rings. The predicted molar refractivity (Wildman–Crippen MR) is 78.7 cm³/mol. The van der Waals surface area contributed by atoms with Crippen LogP contribution in [0.1, 0.15) is 26.8 Å². The lowest BCUT2D eigenvalue weighted by molar-refractivity contribution is -0.142. The number of carbonyl (C=O) groups is 2. The summed E-state index contributed by atoms with van der Waals surface area (Å²) in [6, 6.07) is 3.91. The zero-order valence-corrected chi connectivity index (χ0v) is 12.4. The van der Waals surface area contributed by atoms with Gasteiger partial charge < -0.3 is 10.0 Å². The number of fused-ring (bicyclic) bond motifs is 1. The third-order valence-corrected chi connectivity index (χ3v) is 4.66. The highest BCUT2D eigenvalue weighted by Crippen LogP contribution is 2.34. The van der Waals surface area contributed by atoms with Gasteiger partial charge in [-0.25, -0.2) is 9.78 Å². The minimum absolute atomic E-state index is 0.292. The molecule has 3 rings (SSSR count). The lowest BCUT2D eigenvalue weighted by atomic mass is 9.99. The highest BCUT2D eigenvalue weighted by Gasteiger charge is 2.36. The highest BCUT2D eigenvalue weighted by atomic mass is 35.5. The third-order valence-electron chi connectivity index (χ3n) is 3.44. The number of rotatable bonds is 2. The van der Waals surface area contributed by atoms with Crippen LogP contribution in [0, 0.1) is 0 Å². The van der Waals surface area contributed by atoms with Gasteiger partial charge in [-0.1, -0.05) is 11.6 Å². The summed E-state index contributed by atoms with van der Waals surface area (Å²) in [4.78, 5) is 30.4. The van der Waals surface area contributed by atoms with E-state index in [1.54, 1.807) is 12.1 Å². The lowest BCUT2D eigenvalue weighted by Crippen LogP contribution is -2.43. The van der Waals surface area contributed by atoms with Crippen LogP contribution < -0.4 is 0 Å². The smallest absolute Gasteiger partial charge is 0.331 e. The number of nitrogens with zero attached hydrogens (tertiary/aromatic N) is 2. The molecule has 0 radical (unpaired) electrons. The number of amides is 1. The Hall–Kier alpha value is -1.92. The van der Waals surface area contributed by atoms with Crippen molar-refractivity contribution in [1.82, 2.24) is 9.88 Å². The second kappa shape index (κ2) is 5.46. The van der Waals surface area contributed by atoms with Gasteiger partial charge in [-0.05, 0) is 35.6 Å². The van der Waals surface area contributed by atoms with Crippen molar-refractivity contribution in [2.45, 2.75) is 12.5 Å². The summed E-state index contributed by atoms with van der Waals surface area (Å²) < 4.78 is 0. The van der Waals surface area contributed by atoms with Gasteiger partial charge in [0.2, 0.25) is 0 Å². The Bertz CT molecular complexity index is 698. The molecular formula is C14H11ClN2O3S. The van der Waals surface area contributed by atoms with E-state index >= 15 is 0 Å². The Morgan fingerprint density at radius 3 is 2.86 bits per heavy atom. The maximum absolute atomic E-state index is 12.5. The first-order chi connectivity index (χ1) is 10.1. The summed E-state index contributed by atoms with van der Waals surface area (Å²) in [5, 5.41) is 11.6. The number of carboxylic acid groups (broad SMARTS) is 1. The molecule has 3 heterocycles. The molecule has 0 bridgehead atoms. The van der Waals surface area contributed by atoms with Gasteiger partial charge in [-0.2, -0.15) is 0 Å². The molecule has 108 valence electrons. The molecule has 21 heavy (non-hydrogen) atoms. The summed E-state index contributed by atoms with van der Waals surface area (Å²) in [5.74, 6) is -1.37. The highest BCUT2D eigenvalue weighted by molar-refractivity contribution is 7.10. The van der Waals surface area contributed by atoms with Crippen molar-refractivity contribution in [3.63, 3.8) is 0 Å². The first kappa shape index (κ1) is 14.0. The minimum Gasteiger partial charge on any atom is -0.479 e. The molecule has 1 unspecified atom stereocenters. The summed E-state index contributed by atoms with van der Waals surface area (Å²) in [6.07, 6.45) is 2.04. The molecule has 5 nitrogen and oxygen atoms in total. The third kappa shape index (κ3) is 2.52. The van der Waals surface area contributed by atoms with Gasteiger partial charge in [-0.15, -0.1) is 11.3 Å². The number of hydrogen-bond donors (Lipinski definition) is 1. The van der Waals surface area contributed by atoms with Crippen LogP contribution in [0.15, 0.2) is 29.8 Å².